The van der Waals surface area contributed by atoms with Crippen LogP contribution in [0.1, 0.15) is 17.0 Å². The van der Waals surface area contributed by atoms with Gasteiger partial charge in [0.15, 0.2) is 5.76 Å². The van der Waals surface area contributed by atoms with Gasteiger partial charge in [0.2, 0.25) is 11.8 Å². The smallest absolute Gasteiger partial charge is 0.287 e. The Balaban J connectivity index is 1.50. The zero-order valence-electron chi connectivity index (χ0n) is 14.1. The van der Waals surface area contributed by atoms with E-state index in [-0.39, 0.29) is 56.1 Å². The van der Waals surface area contributed by atoms with E-state index in [9.17, 15) is 14.4 Å². The van der Waals surface area contributed by atoms with E-state index in [1.54, 1.807) is 30.3 Å². The molecule has 2 N–H and O–H groups in total. The number of ether oxygens (including phenoxy) is 1. The van der Waals surface area contributed by atoms with E-state index in [0.29, 0.717) is 11.4 Å². The number of amides is 3. The van der Waals surface area contributed by atoms with Gasteiger partial charge >= 0.3 is 0 Å². The van der Waals surface area contributed by atoms with Crippen LogP contribution in [-0.4, -0.2) is 44.0 Å². The fourth-order valence-electron chi connectivity index (χ4n) is 2.57. The minimum absolute atomic E-state index is 0.106. The van der Waals surface area contributed by atoms with Crippen molar-refractivity contribution in [1.82, 2.24) is 10.6 Å². The largest absolute Gasteiger partial charge is 0.491 e. The van der Waals surface area contributed by atoms with E-state index in [0.717, 1.165) is 0 Å². The van der Waals surface area contributed by atoms with Crippen LogP contribution < -0.4 is 20.3 Å². The van der Waals surface area contributed by atoms with Crippen LogP contribution in [0.2, 0.25) is 0 Å². The van der Waals surface area contributed by atoms with Crippen LogP contribution in [0.4, 0.5) is 5.69 Å². The molecule has 0 unspecified atom stereocenters. The molecule has 26 heavy (non-hydrogen) atoms. The number of rotatable bonds is 6. The van der Waals surface area contributed by atoms with Crippen LogP contribution in [0.5, 0.6) is 5.75 Å². The van der Waals surface area contributed by atoms with Crippen molar-refractivity contribution in [2.75, 3.05) is 31.1 Å². The molecule has 1 aliphatic heterocycles. The van der Waals surface area contributed by atoms with Crippen molar-refractivity contribution in [2.45, 2.75) is 6.42 Å². The molecule has 0 spiro atoms. The van der Waals surface area contributed by atoms with E-state index < -0.39 is 0 Å². The second-order valence-electron chi connectivity index (χ2n) is 5.63. The lowest BCUT2D eigenvalue weighted by atomic mass is 10.2. The summed E-state index contributed by atoms with van der Waals surface area (Å²) < 4.78 is 10.5. The molecule has 1 aromatic carbocycles. The van der Waals surface area contributed by atoms with Crippen molar-refractivity contribution in [3.63, 3.8) is 0 Å². The Morgan fingerprint density at radius 1 is 1.08 bits per heavy atom. The summed E-state index contributed by atoms with van der Waals surface area (Å²) in [4.78, 5) is 37.6. The van der Waals surface area contributed by atoms with E-state index in [4.69, 9.17) is 9.15 Å². The summed E-state index contributed by atoms with van der Waals surface area (Å²) in [5.74, 6) is -0.0449. The highest BCUT2D eigenvalue weighted by molar-refractivity contribution is 6.00. The van der Waals surface area contributed by atoms with E-state index in [2.05, 4.69) is 10.6 Å². The van der Waals surface area contributed by atoms with Gasteiger partial charge in [-0.15, -0.1) is 0 Å². The zero-order chi connectivity index (χ0) is 18.4. The minimum Gasteiger partial charge on any atom is -0.491 e. The lowest BCUT2D eigenvalue weighted by Crippen LogP contribution is -2.42. The highest BCUT2D eigenvalue weighted by atomic mass is 16.5. The number of benzene rings is 1. The second kappa shape index (κ2) is 8.19. The molecule has 1 aromatic heterocycles. The van der Waals surface area contributed by atoms with Crippen LogP contribution in [0.25, 0.3) is 0 Å². The molecule has 0 bridgehead atoms. The lowest BCUT2D eigenvalue weighted by Gasteiger charge is -2.21. The molecule has 8 heteroatoms. The Morgan fingerprint density at radius 3 is 2.69 bits per heavy atom. The maximum atomic E-state index is 12.3. The second-order valence-corrected chi connectivity index (χ2v) is 5.63. The SMILES string of the molecule is O=C(CN1C(=O)CCOc2ccccc21)NCCNC(=O)c1ccco1. The average Bonchev–Trinajstić information content (AvgIpc) is 3.13. The number of hydrogen-bond acceptors (Lipinski definition) is 5. The van der Waals surface area contributed by atoms with Crippen molar-refractivity contribution >= 4 is 23.4 Å². The first-order valence-electron chi connectivity index (χ1n) is 8.26. The predicted molar refractivity (Wildman–Crippen MR) is 93.0 cm³/mol. The molecular weight excluding hydrogens is 338 g/mol. The van der Waals surface area contributed by atoms with Crippen LogP contribution in [0.3, 0.4) is 0 Å². The molecule has 0 atom stereocenters. The fraction of sp³-hybridized carbons (Fsp3) is 0.278. The standard InChI is InChI=1S/C18H19N3O5/c22-16(19-8-9-20-18(24)15-6-3-10-25-15)12-21-13-4-1-2-5-14(13)26-11-7-17(21)23/h1-6,10H,7-9,11-12H2,(H,19,22)(H,20,24). The molecule has 8 nitrogen and oxygen atoms in total. The third-order valence-electron chi connectivity index (χ3n) is 3.81. The van der Waals surface area contributed by atoms with Gasteiger partial charge in [0.25, 0.3) is 5.91 Å². The number of anilines is 1. The molecule has 136 valence electrons. The summed E-state index contributed by atoms with van der Waals surface area (Å²) in [6.45, 7) is 0.669. The average molecular weight is 357 g/mol. The van der Waals surface area contributed by atoms with Gasteiger partial charge < -0.3 is 19.8 Å². The van der Waals surface area contributed by atoms with Gasteiger partial charge in [0, 0.05) is 13.1 Å². The molecule has 1 aliphatic rings. The maximum Gasteiger partial charge on any atom is 0.287 e. The van der Waals surface area contributed by atoms with Gasteiger partial charge in [-0.3, -0.25) is 19.3 Å². The lowest BCUT2D eigenvalue weighted by molar-refractivity contribution is -0.123. The summed E-state index contributed by atoms with van der Waals surface area (Å²) in [5, 5.41) is 5.31. The summed E-state index contributed by atoms with van der Waals surface area (Å²) in [6.07, 6.45) is 1.62. The summed E-state index contributed by atoms with van der Waals surface area (Å²) >= 11 is 0. The van der Waals surface area contributed by atoms with Gasteiger partial charge in [0.1, 0.15) is 12.3 Å². The van der Waals surface area contributed by atoms with Crippen LogP contribution in [0, 0.1) is 0 Å². The molecule has 0 fully saturated rings. The molecule has 0 aliphatic carbocycles. The summed E-state index contributed by atoms with van der Waals surface area (Å²) in [7, 11) is 0. The number of carbonyl (C=O) groups excluding carboxylic acids is 3. The van der Waals surface area contributed by atoms with E-state index in [1.165, 1.54) is 11.2 Å². The van der Waals surface area contributed by atoms with Crippen molar-refractivity contribution in [1.29, 1.82) is 0 Å². The number of furan rings is 1. The van der Waals surface area contributed by atoms with Crippen molar-refractivity contribution in [2.24, 2.45) is 0 Å². The van der Waals surface area contributed by atoms with Gasteiger partial charge in [0.05, 0.1) is 25.0 Å². The molecule has 2 heterocycles. The summed E-state index contributed by atoms with van der Waals surface area (Å²) in [5.41, 5.74) is 0.580. The van der Waals surface area contributed by atoms with E-state index >= 15 is 0 Å². The molecular formula is C18H19N3O5. The third kappa shape index (κ3) is 4.21. The van der Waals surface area contributed by atoms with Gasteiger partial charge in [-0.2, -0.15) is 0 Å². The predicted octanol–water partition coefficient (Wildman–Crippen LogP) is 0.941. The molecule has 3 amide bonds. The van der Waals surface area contributed by atoms with E-state index in [1.807, 2.05) is 6.07 Å². The van der Waals surface area contributed by atoms with Crippen LogP contribution >= 0.6 is 0 Å². The first-order valence-corrected chi connectivity index (χ1v) is 8.26. The first-order chi connectivity index (χ1) is 12.6. The number of nitrogens with zero attached hydrogens (tertiary/aromatic N) is 1. The number of hydrogen-bond donors (Lipinski definition) is 2. The number of carbonyl (C=O) groups is 3. The van der Waals surface area contributed by atoms with Gasteiger partial charge in [-0.25, -0.2) is 0 Å². The molecule has 2 aromatic rings. The Kier molecular flexibility index (Phi) is 5.52. The van der Waals surface area contributed by atoms with Crippen molar-refractivity contribution < 1.29 is 23.5 Å². The first kappa shape index (κ1) is 17.5. The zero-order valence-corrected chi connectivity index (χ0v) is 14.1. The molecule has 0 radical (unpaired) electrons. The normalized spacial score (nSPS) is 13.4. The van der Waals surface area contributed by atoms with Crippen molar-refractivity contribution in [3.8, 4) is 5.75 Å². The Hall–Kier alpha value is -3.29. The fourth-order valence-corrected chi connectivity index (χ4v) is 2.57. The quantitative estimate of drug-likeness (QED) is 0.750. The summed E-state index contributed by atoms with van der Waals surface area (Å²) in [6, 6.07) is 10.3. The van der Waals surface area contributed by atoms with Crippen molar-refractivity contribution in [3.05, 3.63) is 48.4 Å². The molecule has 0 saturated carbocycles. The Labute approximate surface area is 150 Å². The van der Waals surface area contributed by atoms with Crippen LogP contribution in [-0.2, 0) is 9.59 Å². The number of nitrogens with one attached hydrogen (secondary N) is 2. The monoisotopic (exact) mass is 357 g/mol. The van der Waals surface area contributed by atoms with Gasteiger partial charge in [-0.05, 0) is 24.3 Å². The Morgan fingerprint density at radius 2 is 1.88 bits per heavy atom. The topological polar surface area (TPSA) is 101 Å². The number of para-hydroxylation sites is 2. The van der Waals surface area contributed by atoms with Crippen LogP contribution in [0.15, 0.2) is 47.1 Å². The van der Waals surface area contributed by atoms with Gasteiger partial charge in [-0.1, -0.05) is 12.1 Å². The highest BCUT2D eigenvalue weighted by Gasteiger charge is 2.24. The number of fused-ring (bicyclic) bond motifs is 1. The Bertz CT molecular complexity index is 788. The maximum absolute atomic E-state index is 12.3. The molecule has 0 saturated heterocycles. The minimum atomic E-state index is -0.349. The third-order valence-corrected chi connectivity index (χ3v) is 3.81. The molecule has 3 rings (SSSR count). The highest BCUT2D eigenvalue weighted by Crippen LogP contribution is 2.30.